The van der Waals surface area contributed by atoms with Crippen molar-refractivity contribution in [1.82, 2.24) is 4.90 Å². The maximum atomic E-state index is 13.0. The van der Waals surface area contributed by atoms with Gasteiger partial charge in [0.1, 0.15) is 10.8 Å². The molecule has 0 radical (unpaired) electrons. The number of nitrogens with two attached hydrogens (primary N) is 1. The molecule has 1 aromatic heterocycles. The third-order valence-corrected chi connectivity index (χ3v) is 7.21. The average molecular weight is 456 g/mol. The standard InChI is InChI=1S/C23H22FN3O2S2/c24-16-6-8-17(9-7-16)30-14-20(28)26-23-21(22(25)29)18-10-11-27(13-19(18)31-23)12-15-4-2-1-3-5-15/h1-9H,10-14H2,(H2,25,29)(H,26,28). The predicted molar refractivity (Wildman–Crippen MR) is 123 cm³/mol. The van der Waals surface area contributed by atoms with Crippen molar-refractivity contribution in [2.75, 3.05) is 17.6 Å². The van der Waals surface area contributed by atoms with Crippen LogP contribution >= 0.6 is 23.1 Å². The molecular formula is C23H22FN3O2S2. The molecule has 0 atom stereocenters. The van der Waals surface area contributed by atoms with Crippen LogP contribution in [0.3, 0.4) is 0 Å². The van der Waals surface area contributed by atoms with Crippen LogP contribution in [0.5, 0.6) is 0 Å². The number of nitrogens with one attached hydrogen (secondary N) is 1. The van der Waals surface area contributed by atoms with Gasteiger partial charge in [0, 0.05) is 29.4 Å². The molecule has 1 aliphatic rings. The van der Waals surface area contributed by atoms with Crippen LogP contribution in [-0.2, 0) is 24.3 Å². The van der Waals surface area contributed by atoms with Crippen LogP contribution in [0.25, 0.3) is 0 Å². The third-order valence-electron chi connectivity index (χ3n) is 5.07. The van der Waals surface area contributed by atoms with Crippen molar-refractivity contribution in [2.24, 2.45) is 5.73 Å². The number of halogens is 1. The molecule has 0 saturated heterocycles. The molecule has 0 saturated carbocycles. The maximum Gasteiger partial charge on any atom is 0.251 e. The van der Waals surface area contributed by atoms with Gasteiger partial charge in [-0.1, -0.05) is 30.3 Å². The second-order valence-electron chi connectivity index (χ2n) is 7.31. The highest BCUT2D eigenvalue weighted by atomic mass is 32.2. The Bertz CT molecular complexity index is 1080. The van der Waals surface area contributed by atoms with Crippen molar-refractivity contribution in [3.63, 3.8) is 0 Å². The number of thiophene rings is 1. The summed E-state index contributed by atoms with van der Waals surface area (Å²) in [6.07, 6.45) is 0.719. The van der Waals surface area contributed by atoms with Crippen molar-refractivity contribution >= 4 is 39.9 Å². The Hall–Kier alpha value is -2.68. The SMILES string of the molecule is NC(=O)c1c(NC(=O)CSc2ccc(F)cc2)sc2c1CCN(Cc1ccccc1)C2. The van der Waals surface area contributed by atoms with Gasteiger partial charge in [-0.2, -0.15) is 0 Å². The molecule has 5 nitrogen and oxygen atoms in total. The lowest BCUT2D eigenvalue weighted by Gasteiger charge is -2.27. The highest BCUT2D eigenvalue weighted by Gasteiger charge is 2.27. The van der Waals surface area contributed by atoms with Crippen LogP contribution in [0.2, 0.25) is 0 Å². The quantitative estimate of drug-likeness (QED) is 0.522. The number of carbonyl (C=O) groups is 2. The first-order chi connectivity index (χ1) is 15.0. The van der Waals surface area contributed by atoms with E-state index in [0.29, 0.717) is 10.6 Å². The number of carbonyl (C=O) groups excluding carboxylic acids is 2. The zero-order valence-electron chi connectivity index (χ0n) is 16.8. The van der Waals surface area contributed by atoms with Crippen molar-refractivity contribution in [1.29, 1.82) is 0 Å². The van der Waals surface area contributed by atoms with Gasteiger partial charge in [-0.3, -0.25) is 14.5 Å². The van der Waals surface area contributed by atoms with E-state index >= 15 is 0 Å². The summed E-state index contributed by atoms with van der Waals surface area (Å²) in [6, 6.07) is 16.2. The summed E-state index contributed by atoms with van der Waals surface area (Å²) < 4.78 is 13.0. The van der Waals surface area contributed by atoms with E-state index in [9.17, 15) is 14.0 Å². The van der Waals surface area contributed by atoms with Gasteiger partial charge in [0.15, 0.2) is 0 Å². The first-order valence-corrected chi connectivity index (χ1v) is 11.7. The van der Waals surface area contributed by atoms with Crippen molar-refractivity contribution < 1.29 is 14.0 Å². The van der Waals surface area contributed by atoms with Crippen molar-refractivity contribution in [3.05, 3.63) is 82.0 Å². The van der Waals surface area contributed by atoms with E-state index in [4.69, 9.17) is 5.73 Å². The van der Waals surface area contributed by atoms with Crippen LogP contribution in [0.15, 0.2) is 59.5 Å². The van der Waals surface area contributed by atoms with Gasteiger partial charge in [0.05, 0.1) is 11.3 Å². The Morgan fingerprint density at radius 1 is 1.13 bits per heavy atom. The Balaban J connectivity index is 1.44. The maximum absolute atomic E-state index is 13.0. The molecule has 0 unspecified atom stereocenters. The van der Waals surface area contributed by atoms with E-state index in [1.54, 1.807) is 12.1 Å². The third kappa shape index (κ3) is 5.33. The van der Waals surface area contributed by atoms with Gasteiger partial charge in [0.2, 0.25) is 5.91 Å². The summed E-state index contributed by atoms with van der Waals surface area (Å²) in [5, 5.41) is 3.38. The molecule has 0 spiro atoms. The number of hydrogen-bond acceptors (Lipinski definition) is 5. The fourth-order valence-corrected chi connectivity index (χ4v) is 5.63. The lowest BCUT2D eigenvalue weighted by molar-refractivity contribution is -0.113. The minimum Gasteiger partial charge on any atom is -0.365 e. The second-order valence-corrected chi connectivity index (χ2v) is 9.46. The molecule has 3 N–H and O–H groups in total. The Kier molecular flexibility index (Phi) is 6.70. The van der Waals surface area contributed by atoms with Crippen molar-refractivity contribution in [2.45, 2.75) is 24.4 Å². The minimum atomic E-state index is -0.518. The summed E-state index contributed by atoms with van der Waals surface area (Å²) in [5.74, 6) is -0.899. The Morgan fingerprint density at radius 2 is 1.87 bits per heavy atom. The zero-order valence-corrected chi connectivity index (χ0v) is 18.4. The number of fused-ring (bicyclic) bond motifs is 1. The molecule has 8 heteroatoms. The molecule has 160 valence electrons. The van der Waals surface area contributed by atoms with Gasteiger partial charge in [0.25, 0.3) is 5.91 Å². The number of hydrogen-bond donors (Lipinski definition) is 2. The number of nitrogens with zero attached hydrogens (tertiary/aromatic N) is 1. The lowest BCUT2D eigenvalue weighted by atomic mass is 10.0. The molecule has 2 amide bonds. The first-order valence-electron chi connectivity index (χ1n) is 9.88. The summed E-state index contributed by atoms with van der Waals surface area (Å²) >= 11 is 2.73. The van der Waals surface area contributed by atoms with Gasteiger partial charge in [-0.05, 0) is 41.8 Å². The van der Waals surface area contributed by atoms with Gasteiger partial charge in [-0.15, -0.1) is 23.1 Å². The van der Waals surface area contributed by atoms with E-state index in [1.165, 1.54) is 40.8 Å². The fraction of sp³-hybridized carbons (Fsp3) is 0.217. The average Bonchev–Trinajstić information content (AvgIpc) is 3.11. The van der Waals surface area contributed by atoms with Crippen LogP contribution in [0.1, 0.15) is 26.4 Å². The number of primary amides is 1. The molecule has 0 bridgehead atoms. The first kappa shape index (κ1) is 21.5. The molecule has 4 rings (SSSR count). The summed E-state index contributed by atoms with van der Waals surface area (Å²) in [7, 11) is 0. The van der Waals surface area contributed by atoms with Crippen LogP contribution in [-0.4, -0.2) is 29.0 Å². The Morgan fingerprint density at radius 3 is 2.58 bits per heavy atom. The molecule has 0 fully saturated rings. The second kappa shape index (κ2) is 9.64. The zero-order chi connectivity index (χ0) is 21.8. The normalized spacial score (nSPS) is 13.6. The number of benzene rings is 2. The highest BCUT2D eigenvalue weighted by Crippen LogP contribution is 2.37. The van der Waals surface area contributed by atoms with Gasteiger partial charge < -0.3 is 11.1 Å². The molecule has 31 heavy (non-hydrogen) atoms. The molecule has 2 heterocycles. The van der Waals surface area contributed by atoms with E-state index in [2.05, 4.69) is 22.3 Å². The van der Waals surface area contributed by atoms with E-state index < -0.39 is 5.91 Å². The monoisotopic (exact) mass is 455 g/mol. The molecule has 0 aliphatic carbocycles. The van der Waals surface area contributed by atoms with Crippen LogP contribution in [0, 0.1) is 5.82 Å². The van der Waals surface area contributed by atoms with Crippen molar-refractivity contribution in [3.8, 4) is 0 Å². The topological polar surface area (TPSA) is 75.4 Å². The predicted octanol–water partition coefficient (Wildman–Crippen LogP) is 4.28. The van der Waals surface area contributed by atoms with Gasteiger partial charge in [-0.25, -0.2) is 4.39 Å². The van der Waals surface area contributed by atoms with E-state index in [0.717, 1.165) is 41.4 Å². The molecular weight excluding hydrogens is 433 g/mol. The van der Waals surface area contributed by atoms with E-state index in [-0.39, 0.29) is 17.5 Å². The number of thioether (sulfide) groups is 1. The number of amides is 2. The van der Waals surface area contributed by atoms with E-state index in [1.807, 2.05) is 18.2 Å². The minimum absolute atomic E-state index is 0.159. The smallest absolute Gasteiger partial charge is 0.251 e. The van der Waals surface area contributed by atoms with Crippen LogP contribution < -0.4 is 11.1 Å². The molecule has 2 aromatic carbocycles. The fourth-order valence-electron chi connectivity index (χ4n) is 3.62. The molecule has 1 aliphatic heterocycles. The van der Waals surface area contributed by atoms with Crippen LogP contribution in [0.4, 0.5) is 9.39 Å². The van der Waals surface area contributed by atoms with Gasteiger partial charge >= 0.3 is 0 Å². The highest BCUT2D eigenvalue weighted by molar-refractivity contribution is 8.00. The molecule has 3 aromatic rings. The lowest BCUT2D eigenvalue weighted by Crippen LogP contribution is -2.30. The largest absolute Gasteiger partial charge is 0.365 e. The number of rotatable bonds is 7. The summed E-state index contributed by atoms with van der Waals surface area (Å²) in [6.45, 7) is 2.38. The summed E-state index contributed by atoms with van der Waals surface area (Å²) in [4.78, 5) is 28.8. The number of anilines is 1. The summed E-state index contributed by atoms with van der Waals surface area (Å²) in [5.41, 5.74) is 8.28. The Labute approximate surface area is 188 Å².